The van der Waals surface area contributed by atoms with E-state index in [0.717, 1.165) is 37.6 Å². The van der Waals surface area contributed by atoms with Gasteiger partial charge in [-0.2, -0.15) is 0 Å². The zero-order chi connectivity index (χ0) is 16.1. The lowest BCUT2D eigenvalue weighted by molar-refractivity contribution is 0.0146. The van der Waals surface area contributed by atoms with Crippen molar-refractivity contribution in [1.29, 1.82) is 0 Å². The van der Waals surface area contributed by atoms with Crippen molar-refractivity contribution in [2.75, 3.05) is 31.6 Å². The molecule has 0 spiro atoms. The van der Waals surface area contributed by atoms with Crippen molar-refractivity contribution >= 4 is 11.8 Å². The van der Waals surface area contributed by atoms with Crippen LogP contribution in [-0.4, -0.2) is 54.3 Å². The molecule has 6 nitrogen and oxygen atoms in total. The highest BCUT2D eigenvalue weighted by Crippen LogP contribution is 2.10. The lowest BCUT2D eigenvalue weighted by Crippen LogP contribution is -2.52. The van der Waals surface area contributed by atoms with Gasteiger partial charge in [0.05, 0.1) is 13.2 Å². The van der Waals surface area contributed by atoms with Gasteiger partial charge in [0.15, 0.2) is 0 Å². The minimum Gasteiger partial charge on any atom is -0.379 e. The summed E-state index contributed by atoms with van der Waals surface area (Å²) in [4.78, 5) is 18.8. The van der Waals surface area contributed by atoms with Crippen molar-refractivity contribution in [1.82, 2.24) is 15.2 Å². The van der Waals surface area contributed by atoms with Crippen LogP contribution in [-0.2, 0) is 4.74 Å². The van der Waals surface area contributed by atoms with Gasteiger partial charge < -0.3 is 10.1 Å². The van der Waals surface area contributed by atoms with Crippen LogP contribution in [0.3, 0.4) is 0 Å². The number of aromatic nitrogens is 1. The number of nitrogens with one attached hydrogen (secondary N) is 2. The third kappa shape index (κ3) is 4.68. The van der Waals surface area contributed by atoms with Crippen LogP contribution < -0.4 is 10.6 Å². The number of aryl methyl sites for hydroxylation is 2. The molecule has 6 heteroatoms. The number of rotatable bonds is 4. The van der Waals surface area contributed by atoms with E-state index in [1.807, 2.05) is 32.9 Å². The average Bonchev–Trinajstić information content (AvgIpc) is 2.46. The molecule has 0 aromatic carbocycles. The van der Waals surface area contributed by atoms with Crippen molar-refractivity contribution in [2.24, 2.45) is 0 Å². The third-order valence-electron chi connectivity index (χ3n) is 4.04. The van der Waals surface area contributed by atoms with Gasteiger partial charge in [-0.1, -0.05) is 0 Å². The highest BCUT2D eigenvalue weighted by atomic mass is 16.5. The molecule has 22 heavy (non-hydrogen) atoms. The molecular formula is C16H26N4O2. The van der Waals surface area contributed by atoms with Crippen LogP contribution >= 0.6 is 0 Å². The second kappa shape index (κ2) is 7.56. The van der Waals surface area contributed by atoms with E-state index in [0.29, 0.717) is 5.82 Å². The van der Waals surface area contributed by atoms with Gasteiger partial charge >= 0.3 is 6.03 Å². The predicted molar refractivity (Wildman–Crippen MR) is 87.2 cm³/mol. The predicted octanol–water partition coefficient (Wildman–Crippen LogP) is 1.93. The quantitative estimate of drug-likeness (QED) is 0.892. The number of nitrogens with zero attached hydrogens (tertiary/aromatic N) is 2. The molecule has 0 aliphatic carbocycles. The Balaban J connectivity index is 1.87. The zero-order valence-electron chi connectivity index (χ0n) is 13.8. The van der Waals surface area contributed by atoms with Gasteiger partial charge in [0.2, 0.25) is 0 Å². The molecule has 2 amide bonds. The van der Waals surface area contributed by atoms with Crippen LogP contribution in [0.25, 0.3) is 0 Å². The first-order valence-corrected chi connectivity index (χ1v) is 7.80. The minimum absolute atomic E-state index is 0.0454. The fourth-order valence-corrected chi connectivity index (χ4v) is 2.69. The maximum absolute atomic E-state index is 12.1. The molecule has 1 aromatic heterocycles. The van der Waals surface area contributed by atoms with E-state index in [1.54, 1.807) is 0 Å². The summed E-state index contributed by atoms with van der Waals surface area (Å²) in [6, 6.07) is 3.94. The number of morpholine rings is 1. The molecule has 0 saturated carbocycles. The first kappa shape index (κ1) is 16.7. The first-order valence-electron chi connectivity index (χ1n) is 7.80. The lowest BCUT2D eigenvalue weighted by Gasteiger charge is -2.35. The Kier molecular flexibility index (Phi) is 5.74. The van der Waals surface area contributed by atoms with Gasteiger partial charge in [-0.25, -0.2) is 9.78 Å². The number of amides is 2. The van der Waals surface area contributed by atoms with Crippen LogP contribution in [0, 0.1) is 13.8 Å². The van der Waals surface area contributed by atoms with Crippen LogP contribution in [0.15, 0.2) is 12.1 Å². The summed E-state index contributed by atoms with van der Waals surface area (Å²) < 4.78 is 5.36. The molecule has 122 valence electrons. The standard InChI is InChI=1S/C16H26N4O2/c1-11-9-12(2)17-15(10-11)19-16(21)18-13(3)14(4)20-5-7-22-8-6-20/h9-10,13-14H,5-8H2,1-4H3,(H2,17,18,19,21)/t13-,14-/m1/s1. The van der Waals surface area contributed by atoms with Crippen LogP contribution in [0.4, 0.5) is 10.6 Å². The third-order valence-corrected chi connectivity index (χ3v) is 4.04. The molecule has 1 aliphatic heterocycles. The number of hydrogen-bond acceptors (Lipinski definition) is 4. The summed E-state index contributed by atoms with van der Waals surface area (Å²) in [6.07, 6.45) is 0. The molecule has 2 N–H and O–H groups in total. The normalized spacial score (nSPS) is 18.5. The van der Waals surface area contributed by atoms with E-state index in [2.05, 4.69) is 27.4 Å². The molecular weight excluding hydrogens is 280 g/mol. The molecule has 1 aromatic rings. The summed E-state index contributed by atoms with van der Waals surface area (Å²) in [5.74, 6) is 0.584. The van der Waals surface area contributed by atoms with Gasteiger partial charge in [0, 0.05) is 30.9 Å². The summed E-state index contributed by atoms with van der Waals surface area (Å²) in [5, 5.41) is 5.80. The Hall–Kier alpha value is -1.66. The summed E-state index contributed by atoms with van der Waals surface area (Å²) in [6.45, 7) is 11.4. The van der Waals surface area contributed by atoms with Crippen LogP contribution in [0.5, 0.6) is 0 Å². The van der Waals surface area contributed by atoms with Gasteiger partial charge in [-0.15, -0.1) is 0 Å². The van der Waals surface area contributed by atoms with E-state index >= 15 is 0 Å². The maximum atomic E-state index is 12.1. The molecule has 0 bridgehead atoms. The highest BCUT2D eigenvalue weighted by Gasteiger charge is 2.23. The zero-order valence-corrected chi connectivity index (χ0v) is 13.8. The number of hydrogen-bond donors (Lipinski definition) is 2. The molecule has 1 fully saturated rings. The van der Waals surface area contributed by atoms with Crippen molar-refractivity contribution in [3.8, 4) is 0 Å². The fraction of sp³-hybridized carbons (Fsp3) is 0.625. The Bertz CT molecular complexity index is 495. The largest absolute Gasteiger partial charge is 0.379 e. The number of anilines is 1. The van der Waals surface area contributed by atoms with Gasteiger partial charge in [-0.3, -0.25) is 10.2 Å². The van der Waals surface area contributed by atoms with E-state index in [1.165, 1.54) is 0 Å². The smallest absolute Gasteiger partial charge is 0.320 e. The second-order valence-corrected chi connectivity index (χ2v) is 5.95. The van der Waals surface area contributed by atoms with E-state index < -0.39 is 0 Å². The van der Waals surface area contributed by atoms with Crippen molar-refractivity contribution in [2.45, 2.75) is 39.8 Å². The van der Waals surface area contributed by atoms with Gasteiger partial charge in [0.1, 0.15) is 5.82 Å². The molecule has 2 rings (SSSR count). The number of carbonyl (C=O) groups is 1. The van der Waals surface area contributed by atoms with Crippen molar-refractivity contribution in [3.05, 3.63) is 23.4 Å². The Morgan fingerprint density at radius 2 is 1.95 bits per heavy atom. The molecule has 1 saturated heterocycles. The number of pyridine rings is 1. The molecule has 2 atom stereocenters. The van der Waals surface area contributed by atoms with Crippen molar-refractivity contribution < 1.29 is 9.53 Å². The molecule has 1 aliphatic rings. The first-order chi connectivity index (χ1) is 10.5. The average molecular weight is 306 g/mol. The molecule has 2 heterocycles. The highest BCUT2D eigenvalue weighted by molar-refractivity contribution is 5.88. The fourth-order valence-electron chi connectivity index (χ4n) is 2.69. The topological polar surface area (TPSA) is 66.5 Å². The van der Waals surface area contributed by atoms with Gasteiger partial charge in [-0.05, 0) is 45.4 Å². The Morgan fingerprint density at radius 3 is 2.59 bits per heavy atom. The minimum atomic E-state index is -0.217. The lowest BCUT2D eigenvalue weighted by atomic mass is 10.1. The SMILES string of the molecule is Cc1cc(C)nc(NC(=O)N[C@H](C)[C@@H](C)N2CCOCC2)c1. The second-order valence-electron chi connectivity index (χ2n) is 5.95. The molecule has 0 radical (unpaired) electrons. The summed E-state index contributed by atoms with van der Waals surface area (Å²) >= 11 is 0. The van der Waals surface area contributed by atoms with Gasteiger partial charge in [0.25, 0.3) is 0 Å². The number of ether oxygens (including phenoxy) is 1. The maximum Gasteiger partial charge on any atom is 0.320 e. The Labute approximate surface area is 132 Å². The van der Waals surface area contributed by atoms with Crippen LogP contribution in [0.1, 0.15) is 25.1 Å². The Morgan fingerprint density at radius 1 is 1.27 bits per heavy atom. The van der Waals surface area contributed by atoms with Crippen LogP contribution in [0.2, 0.25) is 0 Å². The monoisotopic (exact) mass is 306 g/mol. The number of urea groups is 1. The van der Waals surface area contributed by atoms with E-state index in [9.17, 15) is 4.79 Å². The van der Waals surface area contributed by atoms with E-state index in [4.69, 9.17) is 4.74 Å². The summed E-state index contributed by atoms with van der Waals surface area (Å²) in [7, 11) is 0. The summed E-state index contributed by atoms with van der Waals surface area (Å²) in [5.41, 5.74) is 1.97. The van der Waals surface area contributed by atoms with E-state index in [-0.39, 0.29) is 18.1 Å². The number of carbonyl (C=O) groups excluding carboxylic acids is 1. The molecule has 0 unspecified atom stereocenters. The van der Waals surface area contributed by atoms with Crippen molar-refractivity contribution in [3.63, 3.8) is 0 Å².